The molecule has 0 saturated carbocycles. The number of nitrogens with zero attached hydrogens (tertiary/aromatic N) is 5. The second kappa shape index (κ2) is 7.37. The summed E-state index contributed by atoms with van der Waals surface area (Å²) >= 11 is 0. The van der Waals surface area contributed by atoms with Crippen molar-refractivity contribution in [1.82, 2.24) is 30.2 Å². The number of amides is 2. The van der Waals surface area contributed by atoms with Crippen LogP contribution in [-0.4, -0.2) is 44.5 Å². The van der Waals surface area contributed by atoms with Crippen LogP contribution in [0.5, 0.6) is 0 Å². The Morgan fingerprint density at radius 2 is 2.29 bits per heavy atom. The van der Waals surface area contributed by atoms with E-state index in [1.54, 1.807) is 35.2 Å². The summed E-state index contributed by atoms with van der Waals surface area (Å²) in [5, 5.41) is 10.5. The van der Waals surface area contributed by atoms with E-state index in [0.29, 0.717) is 6.54 Å². The van der Waals surface area contributed by atoms with Crippen molar-refractivity contribution < 1.29 is 4.79 Å². The summed E-state index contributed by atoms with van der Waals surface area (Å²) in [4.78, 5) is 18.0. The molecule has 0 saturated heterocycles. The van der Waals surface area contributed by atoms with Crippen LogP contribution in [0.3, 0.4) is 0 Å². The van der Waals surface area contributed by atoms with E-state index in [0.717, 1.165) is 18.7 Å². The molecule has 1 atom stereocenters. The summed E-state index contributed by atoms with van der Waals surface area (Å²) in [5.74, 6) is 0. The molecule has 0 fully saturated rings. The van der Waals surface area contributed by atoms with Gasteiger partial charge in [0.25, 0.3) is 0 Å². The van der Waals surface area contributed by atoms with Gasteiger partial charge in [0.15, 0.2) is 0 Å². The van der Waals surface area contributed by atoms with Crippen LogP contribution in [0, 0.1) is 0 Å². The molecule has 112 valence electrons. The molecule has 0 bridgehead atoms. The third-order valence-corrected chi connectivity index (χ3v) is 3.33. The SMILES string of the molecule is CC(c1ccccn1)N(C)C(=O)NCCCn1ccnn1. The number of rotatable bonds is 6. The second-order valence-corrected chi connectivity index (χ2v) is 4.79. The number of nitrogens with one attached hydrogen (secondary N) is 1. The molecule has 2 aromatic heterocycles. The lowest BCUT2D eigenvalue weighted by atomic mass is 10.2. The molecule has 2 heterocycles. The van der Waals surface area contributed by atoms with Gasteiger partial charge in [-0.05, 0) is 25.5 Å². The lowest BCUT2D eigenvalue weighted by molar-refractivity contribution is 0.193. The highest BCUT2D eigenvalue weighted by atomic mass is 16.2. The Balaban J connectivity index is 1.74. The minimum Gasteiger partial charge on any atom is -0.338 e. The van der Waals surface area contributed by atoms with Gasteiger partial charge in [-0.1, -0.05) is 11.3 Å². The van der Waals surface area contributed by atoms with Gasteiger partial charge in [-0.3, -0.25) is 9.67 Å². The zero-order valence-electron chi connectivity index (χ0n) is 12.3. The molecule has 0 spiro atoms. The zero-order valence-corrected chi connectivity index (χ0v) is 12.3. The van der Waals surface area contributed by atoms with E-state index in [4.69, 9.17) is 0 Å². The molecule has 0 aliphatic carbocycles. The number of hydrogen-bond acceptors (Lipinski definition) is 4. The Labute approximate surface area is 124 Å². The Bertz CT molecular complexity index is 542. The minimum atomic E-state index is -0.105. The zero-order chi connectivity index (χ0) is 15.1. The molecule has 0 aliphatic rings. The maximum atomic E-state index is 12.1. The smallest absolute Gasteiger partial charge is 0.317 e. The number of aryl methyl sites for hydroxylation is 1. The largest absolute Gasteiger partial charge is 0.338 e. The van der Waals surface area contributed by atoms with Crippen LogP contribution in [-0.2, 0) is 6.54 Å². The summed E-state index contributed by atoms with van der Waals surface area (Å²) < 4.78 is 1.74. The monoisotopic (exact) mass is 288 g/mol. The lowest BCUT2D eigenvalue weighted by Crippen LogP contribution is -2.39. The van der Waals surface area contributed by atoms with Crippen LogP contribution in [0.4, 0.5) is 4.79 Å². The van der Waals surface area contributed by atoms with Gasteiger partial charge in [0.2, 0.25) is 0 Å². The van der Waals surface area contributed by atoms with Crippen molar-refractivity contribution in [1.29, 1.82) is 0 Å². The lowest BCUT2D eigenvalue weighted by Gasteiger charge is -2.24. The summed E-state index contributed by atoms with van der Waals surface area (Å²) in [6.07, 6.45) is 5.98. The predicted molar refractivity (Wildman–Crippen MR) is 78.5 cm³/mol. The van der Waals surface area contributed by atoms with Gasteiger partial charge in [0.05, 0.1) is 17.9 Å². The van der Waals surface area contributed by atoms with Gasteiger partial charge >= 0.3 is 6.03 Å². The van der Waals surface area contributed by atoms with Crippen molar-refractivity contribution in [3.05, 3.63) is 42.5 Å². The Morgan fingerprint density at radius 1 is 1.43 bits per heavy atom. The summed E-state index contributed by atoms with van der Waals surface area (Å²) in [6, 6.07) is 5.52. The molecule has 21 heavy (non-hydrogen) atoms. The predicted octanol–water partition coefficient (Wildman–Crippen LogP) is 1.47. The van der Waals surface area contributed by atoms with Gasteiger partial charge < -0.3 is 10.2 Å². The fourth-order valence-corrected chi connectivity index (χ4v) is 1.91. The highest BCUT2D eigenvalue weighted by Crippen LogP contribution is 2.15. The van der Waals surface area contributed by atoms with Gasteiger partial charge in [-0.25, -0.2) is 4.79 Å². The third kappa shape index (κ3) is 4.27. The molecule has 1 N–H and O–H groups in total. The van der Waals surface area contributed by atoms with Crippen molar-refractivity contribution in [2.24, 2.45) is 0 Å². The molecule has 7 heteroatoms. The topological polar surface area (TPSA) is 75.9 Å². The first-order chi connectivity index (χ1) is 10.2. The highest BCUT2D eigenvalue weighted by Gasteiger charge is 2.17. The van der Waals surface area contributed by atoms with E-state index in [2.05, 4.69) is 20.6 Å². The first-order valence-corrected chi connectivity index (χ1v) is 6.94. The maximum Gasteiger partial charge on any atom is 0.317 e. The minimum absolute atomic E-state index is 0.0680. The number of urea groups is 1. The van der Waals surface area contributed by atoms with E-state index >= 15 is 0 Å². The average molecular weight is 288 g/mol. The van der Waals surface area contributed by atoms with Crippen molar-refractivity contribution in [3.63, 3.8) is 0 Å². The van der Waals surface area contributed by atoms with Crippen molar-refractivity contribution in [2.45, 2.75) is 25.9 Å². The van der Waals surface area contributed by atoms with E-state index in [-0.39, 0.29) is 12.1 Å². The number of carbonyl (C=O) groups excluding carboxylic acids is 1. The quantitative estimate of drug-likeness (QED) is 0.817. The molecular formula is C14H20N6O. The molecule has 7 nitrogen and oxygen atoms in total. The van der Waals surface area contributed by atoms with Crippen LogP contribution in [0.1, 0.15) is 25.1 Å². The van der Waals surface area contributed by atoms with Crippen LogP contribution in [0.25, 0.3) is 0 Å². The third-order valence-electron chi connectivity index (χ3n) is 3.33. The molecule has 2 rings (SSSR count). The standard InChI is InChI=1S/C14H20N6O/c1-12(13-6-3-4-7-15-13)19(2)14(21)16-8-5-10-20-11-9-17-18-20/h3-4,6-7,9,11-12H,5,8,10H2,1-2H3,(H,16,21). The van der Waals surface area contributed by atoms with Crippen LogP contribution in [0.2, 0.25) is 0 Å². The molecule has 0 aromatic carbocycles. The van der Waals surface area contributed by atoms with E-state index in [1.807, 2.05) is 25.1 Å². The first-order valence-electron chi connectivity index (χ1n) is 6.94. The Morgan fingerprint density at radius 3 is 2.95 bits per heavy atom. The molecule has 0 radical (unpaired) electrons. The van der Waals surface area contributed by atoms with Crippen LogP contribution >= 0.6 is 0 Å². The number of aromatic nitrogens is 4. The summed E-state index contributed by atoms with van der Waals surface area (Å²) in [6.45, 7) is 3.29. The maximum absolute atomic E-state index is 12.1. The fourth-order valence-electron chi connectivity index (χ4n) is 1.91. The normalized spacial score (nSPS) is 11.9. The molecular weight excluding hydrogens is 268 g/mol. The van der Waals surface area contributed by atoms with E-state index < -0.39 is 0 Å². The van der Waals surface area contributed by atoms with E-state index in [9.17, 15) is 4.79 Å². The summed E-state index contributed by atoms with van der Waals surface area (Å²) in [5.41, 5.74) is 0.873. The molecule has 2 aromatic rings. The molecule has 2 amide bonds. The number of hydrogen-bond donors (Lipinski definition) is 1. The van der Waals surface area contributed by atoms with E-state index in [1.165, 1.54) is 0 Å². The van der Waals surface area contributed by atoms with Gasteiger partial charge in [-0.2, -0.15) is 0 Å². The van der Waals surface area contributed by atoms with Crippen molar-refractivity contribution in [3.8, 4) is 0 Å². The molecule has 0 aliphatic heterocycles. The van der Waals surface area contributed by atoms with Crippen molar-refractivity contribution >= 4 is 6.03 Å². The first kappa shape index (κ1) is 15.0. The average Bonchev–Trinajstić information content (AvgIpc) is 3.04. The van der Waals surface area contributed by atoms with Gasteiger partial charge in [-0.15, -0.1) is 5.10 Å². The van der Waals surface area contributed by atoms with Crippen LogP contribution < -0.4 is 5.32 Å². The van der Waals surface area contributed by atoms with Crippen LogP contribution in [0.15, 0.2) is 36.8 Å². The highest BCUT2D eigenvalue weighted by molar-refractivity contribution is 5.74. The molecule has 1 unspecified atom stereocenters. The Kier molecular flexibility index (Phi) is 5.25. The number of carbonyl (C=O) groups is 1. The van der Waals surface area contributed by atoms with Gasteiger partial charge in [0, 0.05) is 32.5 Å². The van der Waals surface area contributed by atoms with Gasteiger partial charge in [0.1, 0.15) is 0 Å². The van der Waals surface area contributed by atoms with Crippen molar-refractivity contribution in [2.75, 3.05) is 13.6 Å². The fraction of sp³-hybridized carbons (Fsp3) is 0.429. The summed E-state index contributed by atoms with van der Waals surface area (Å²) in [7, 11) is 1.77. The Hall–Kier alpha value is -2.44. The number of pyridine rings is 1. The second-order valence-electron chi connectivity index (χ2n) is 4.79.